The third-order valence-electron chi connectivity index (χ3n) is 2.19. The van der Waals surface area contributed by atoms with Crippen LogP contribution in [0.2, 0.25) is 0 Å². The van der Waals surface area contributed by atoms with Crippen molar-refractivity contribution in [3.05, 3.63) is 46.1 Å². The third kappa shape index (κ3) is 2.89. The lowest BCUT2D eigenvalue weighted by atomic mass is 10.3. The third-order valence-corrected chi connectivity index (χ3v) is 2.69. The van der Waals surface area contributed by atoms with Gasteiger partial charge in [-0.3, -0.25) is 0 Å². The second-order valence-electron chi connectivity index (χ2n) is 3.57. The molecule has 0 unspecified atom stereocenters. The number of benzene rings is 1. The summed E-state index contributed by atoms with van der Waals surface area (Å²) in [5.74, 6) is -0.390. The first kappa shape index (κ1) is 12.6. The van der Waals surface area contributed by atoms with Gasteiger partial charge >= 0.3 is 5.97 Å². The summed E-state index contributed by atoms with van der Waals surface area (Å²) in [4.78, 5) is 14.8. The Morgan fingerprint density at radius 3 is 2.94 bits per heavy atom. The van der Waals surface area contributed by atoms with Crippen molar-refractivity contribution in [2.24, 2.45) is 0 Å². The Morgan fingerprint density at radius 2 is 2.33 bits per heavy atom. The zero-order valence-corrected chi connectivity index (χ0v) is 11.1. The van der Waals surface area contributed by atoms with E-state index in [-0.39, 0.29) is 18.3 Å². The summed E-state index contributed by atoms with van der Waals surface area (Å²) < 4.78 is 11.4. The van der Waals surface area contributed by atoms with E-state index in [1.54, 1.807) is 19.1 Å². The fourth-order valence-corrected chi connectivity index (χ4v) is 1.79. The van der Waals surface area contributed by atoms with E-state index < -0.39 is 5.97 Å². The number of aromatic nitrogens is 1. The highest BCUT2D eigenvalue weighted by Crippen LogP contribution is 2.19. The molecule has 0 saturated heterocycles. The summed E-state index contributed by atoms with van der Waals surface area (Å²) >= 11 is 3.33. The Bertz CT molecular complexity index is 579. The number of aromatic carboxylic acids is 1. The second-order valence-corrected chi connectivity index (χ2v) is 4.49. The highest BCUT2D eigenvalue weighted by Gasteiger charge is 2.16. The van der Waals surface area contributed by atoms with Gasteiger partial charge in [0.25, 0.3) is 0 Å². The predicted octanol–water partition coefficient (Wildman–Crippen LogP) is 3.02. The van der Waals surface area contributed by atoms with E-state index in [2.05, 4.69) is 20.9 Å². The minimum absolute atomic E-state index is 0.0879. The molecule has 1 heterocycles. The molecule has 2 aromatic rings. The number of rotatable bonds is 4. The molecule has 6 heteroatoms. The molecular formula is C12H10BrNO4. The normalized spacial score (nSPS) is 10.3. The van der Waals surface area contributed by atoms with Crippen LogP contribution in [0.3, 0.4) is 0 Å². The monoisotopic (exact) mass is 311 g/mol. The van der Waals surface area contributed by atoms with Gasteiger partial charge in [0.05, 0.1) is 5.69 Å². The second kappa shape index (κ2) is 5.22. The molecule has 0 amide bonds. The largest absolute Gasteiger partial charge is 0.484 e. The maximum atomic E-state index is 10.8. The van der Waals surface area contributed by atoms with E-state index in [4.69, 9.17) is 14.3 Å². The van der Waals surface area contributed by atoms with Crippen molar-refractivity contribution in [2.45, 2.75) is 13.5 Å². The minimum atomic E-state index is -1.13. The van der Waals surface area contributed by atoms with E-state index in [9.17, 15) is 4.79 Å². The van der Waals surface area contributed by atoms with Crippen LogP contribution >= 0.6 is 15.9 Å². The maximum Gasteiger partial charge on any atom is 0.373 e. The van der Waals surface area contributed by atoms with Gasteiger partial charge in [0.2, 0.25) is 11.7 Å². The van der Waals surface area contributed by atoms with Gasteiger partial charge in [-0.2, -0.15) is 0 Å². The average molecular weight is 312 g/mol. The molecule has 0 aliphatic carbocycles. The van der Waals surface area contributed by atoms with E-state index in [0.717, 1.165) is 4.47 Å². The van der Waals surface area contributed by atoms with Crippen LogP contribution < -0.4 is 4.74 Å². The summed E-state index contributed by atoms with van der Waals surface area (Å²) in [5.41, 5.74) is 0.343. The summed E-state index contributed by atoms with van der Waals surface area (Å²) in [6.45, 7) is 1.67. The molecule has 18 heavy (non-hydrogen) atoms. The zero-order valence-electron chi connectivity index (χ0n) is 9.51. The fourth-order valence-electron chi connectivity index (χ4n) is 1.41. The van der Waals surface area contributed by atoms with Gasteiger partial charge in [-0.1, -0.05) is 22.0 Å². The van der Waals surface area contributed by atoms with Crippen molar-refractivity contribution in [2.75, 3.05) is 0 Å². The fraction of sp³-hybridized carbons (Fsp3) is 0.167. The van der Waals surface area contributed by atoms with Gasteiger partial charge in [0.15, 0.2) is 6.61 Å². The first-order valence-electron chi connectivity index (χ1n) is 5.14. The highest BCUT2D eigenvalue weighted by molar-refractivity contribution is 9.10. The number of hydrogen-bond donors (Lipinski definition) is 1. The molecule has 94 valence electrons. The number of carbonyl (C=O) groups is 1. The topological polar surface area (TPSA) is 72.6 Å². The SMILES string of the molecule is Cc1nc(COc2cccc(Br)c2)oc1C(=O)O. The van der Waals surface area contributed by atoms with Gasteiger partial charge < -0.3 is 14.3 Å². The molecule has 2 rings (SSSR count). The molecule has 0 atom stereocenters. The smallest absolute Gasteiger partial charge is 0.373 e. The van der Waals surface area contributed by atoms with Crippen LogP contribution in [0.5, 0.6) is 5.75 Å². The first-order chi connectivity index (χ1) is 8.56. The maximum absolute atomic E-state index is 10.8. The molecular weight excluding hydrogens is 302 g/mol. The van der Waals surface area contributed by atoms with Crippen LogP contribution in [-0.4, -0.2) is 16.1 Å². The van der Waals surface area contributed by atoms with Gasteiger partial charge in [0.1, 0.15) is 5.75 Å². The van der Waals surface area contributed by atoms with Crippen LogP contribution in [0.25, 0.3) is 0 Å². The molecule has 0 fully saturated rings. The summed E-state index contributed by atoms with van der Waals surface area (Å²) in [5, 5.41) is 8.82. The molecule has 0 radical (unpaired) electrons. The Hall–Kier alpha value is -1.82. The van der Waals surface area contributed by atoms with E-state index >= 15 is 0 Å². The first-order valence-corrected chi connectivity index (χ1v) is 5.93. The van der Waals surface area contributed by atoms with E-state index in [1.165, 1.54) is 0 Å². The van der Waals surface area contributed by atoms with E-state index in [1.807, 2.05) is 12.1 Å². The average Bonchev–Trinajstić information content (AvgIpc) is 2.68. The molecule has 5 nitrogen and oxygen atoms in total. The minimum Gasteiger partial charge on any atom is -0.484 e. The summed E-state index contributed by atoms with van der Waals surface area (Å²) in [7, 11) is 0. The summed E-state index contributed by atoms with van der Waals surface area (Å²) in [6, 6.07) is 7.31. The zero-order chi connectivity index (χ0) is 13.1. The molecule has 0 saturated carbocycles. The van der Waals surface area contributed by atoms with Crippen molar-refractivity contribution >= 4 is 21.9 Å². The quantitative estimate of drug-likeness (QED) is 0.939. The Labute approximate surface area is 112 Å². The lowest BCUT2D eigenvalue weighted by molar-refractivity contribution is 0.0657. The van der Waals surface area contributed by atoms with Crippen molar-refractivity contribution in [1.29, 1.82) is 0 Å². The highest BCUT2D eigenvalue weighted by atomic mass is 79.9. The lowest BCUT2D eigenvalue weighted by Crippen LogP contribution is -1.96. The van der Waals surface area contributed by atoms with Crippen molar-refractivity contribution in [3.8, 4) is 5.75 Å². The number of aryl methyl sites for hydroxylation is 1. The number of carboxylic acids is 1. The van der Waals surface area contributed by atoms with Gasteiger partial charge in [-0.15, -0.1) is 0 Å². The molecule has 0 aliphatic heterocycles. The lowest BCUT2D eigenvalue weighted by Gasteiger charge is -2.03. The molecule has 0 aliphatic rings. The molecule has 1 aromatic heterocycles. The molecule has 1 N–H and O–H groups in total. The number of nitrogens with zero attached hydrogens (tertiary/aromatic N) is 1. The van der Waals surface area contributed by atoms with Crippen molar-refractivity contribution in [1.82, 2.24) is 4.98 Å². The van der Waals surface area contributed by atoms with E-state index in [0.29, 0.717) is 11.4 Å². The van der Waals surface area contributed by atoms with Crippen LogP contribution in [0.1, 0.15) is 22.1 Å². The number of oxazole rings is 1. The van der Waals surface area contributed by atoms with Crippen LogP contribution in [0, 0.1) is 6.92 Å². The number of halogens is 1. The molecule has 1 aromatic carbocycles. The van der Waals surface area contributed by atoms with Crippen LogP contribution in [-0.2, 0) is 6.61 Å². The van der Waals surface area contributed by atoms with Gasteiger partial charge in [-0.25, -0.2) is 9.78 Å². The van der Waals surface area contributed by atoms with Gasteiger partial charge in [-0.05, 0) is 25.1 Å². The van der Waals surface area contributed by atoms with Crippen molar-refractivity contribution in [3.63, 3.8) is 0 Å². The Balaban J connectivity index is 2.06. The Morgan fingerprint density at radius 1 is 1.56 bits per heavy atom. The Kier molecular flexibility index (Phi) is 3.66. The predicted molar refractivity (Wildman–Crippen MR) is 66.7 cm³/mol. The standard InChI is InChI=1S/C12H10BrNO4/c1-7-11(12(15)16)18-10(14-7)6-17-9-4-2-3-8(13)5-9/h2-5H,6H2,1H3,(H,15,16). The number of hydrogen-bond acceptors (Lipinski definition) is 4. The van der Waals surface area contributed by atoms with Crippen LogP contribution in [0.15, 0.2) is 33.2 Å². The summed E-state index contributed by atoms with van der Waals surface area (Å²) in [6.07, 6.45) is 0. The van der Waals surface area contributed by atoms with Crippen molar-refractivity contribution < 1.29 is 19.1 Å². The van der Waals surface area contributed by atoms with Gasteiger partial charge in [0, 0.05) is 4.47 Å². The molecule has 0 bridgehead atoms. The number of carboxylic acid groups (broad SMARTS) is 1. The van der Waals surface area contributed by atoms with Crippen LogP contribution in [0.4, 0.5) is 0 Å². The molecule has 0 spiro atoms. The number of ether oxygens (including phenoxy) is 1.